The first-order valence-corrected chi connectivity index (χ1v) is 14.3. The van der Waals surface area contributed by atoms with E-state index in [4.69, 9.17) is 11.6 Å². The molecule has 0 aromatic heterocycles. The van der Waals surface area contributed by atoms with Crippen molar-refractivity contribution in [2.75, 3.05) is 0 Å². The lowest BCUT2D eigenvalue weighted by Crippen LogP contribution is -2.14. The van der Waals surface area contributed by atoms with E-state index in [9.17, 15) is 0 Å². The van der Waals surface area contributed by atoms with Crippen LogP contribution in [0.4, 0.5) is 0 Å². The van der Waals surface area contributed by atoms with Gasteiger partial charge in [-0.15, -0.1) is 0 Å². The second-order valence-electron chi connectivity index (χ2n) is 11.8. The zero-order chi connectivity index (χ0) is 32.4. The fourth-order valence-electron chi connectivity index (χ4n) is 7.04. The van der Waals surface area contributed by atoms with Crippen LogP contribution in [0.25, 0.3) is 66.1 Å². The van der Waals surface area contributed by atoms with E-state index in [2.05, 4.69) is 86.6 Å². The van der Waals surface area contributed by atoms with E-state index in [0.717, 1.165) is 38.8 Å². The Hall–Kier alpha value is -5.14. The summed E-state index contributed by atoms with van der Waals surface area (Å²) in [5.74, 6) is 1.43. The average molecular weight is 542 g/mol. The molecule has 0 saturated heterocycles. The van der Waals surface area contributed by atoms with E-state index in [1.165, 1.54) is 33.0 Å². The molecule has 7 aromatic carbocycles. The van der Waals surface area contributed by atoms with Crippen molar-refractivity contribution in [3.05, 3.63) is 144 Å². The zero-order valence-electron chi connectivity index (χ0n) is 28.2. The molecule has 1 heteroatoms. The topological polar surface area (TPSA) is 9.23 Å². The number of hydrogen-bond donors (Lipinski definition) is 0. The monoisotopic (exact) mass is 541 g/mol. The third kappa shape index (κ3) is 3.25. The van der Waals surface area contributed by atoms with Crippen LogP contribution in [0.5, 0.6) is 11.5 Å². The van der Waals surface area contributed by atoms with Crippen molar-refractivity contribution in [1.29, 1.82) is 0 Å². The Morgan fingerprint density at radius 3 is 2.21 bits per heavy atom. The molecular formula is C41H28O. The lowest BCUT2D eigenvalue weighted by atomic mass is 9.82. The highest BCUT2D eigenvalue weighted by molar-refractivity contribution is 6.10. The van der Waals surface area contributed by atoms with Crippen LogP contribution in [-0.4, -0.2) is 0 Å². The molecule has 2 aliphatic rings. The Morgan fingerprint density at radius 2 is 1.31 bits per heavy atom. The van der Waals surface area contributed by atoms with Crippen LogP contribution in [0.2, 0.25) is 0 Å². The van der Waals surface area contributed by atoms with Crippen LogP contribution in [0.1, 0.15) is 31.8 Å². The largest absolute Gasteiger partial charge is 0.456 e. The van der Waals surface area contributed by atoms with E-state index >= 15 is 0 Å². The van der Waals surface area contributed by atoms with Gasteiger partial charge in [0.2, 0.25) is 0 Å². The number of benzene rings is 7. The highest BCUT2D eigenvalue weighted by Crippen LogP contribution is 2.51. The van der Waals surface area contributed by atoms with Crippen LogP contribution in [-0.2, 0) is 5.41 Å². The third-order valence-electron chi connectivity index (χ3n) is 9.14. The number of fused-ring (bicyclic) bond motifs is 6. The molecule has 0 unspecified atom stereocenters. The Kier molecular flexibility index (Phi) is 3.83. The fraction of sp³-hybridized carbons (Fsp3) is 0.0732. The lowest BCUT2D eigenvalue weighted by molar-refractivity contribution is 0.487. The van der Waals surface area contributed by atoms with Gasteiger partial charge in [-0.25, -0.2) is 0 Å². The van der Waals surface area contributed by atoms with E-state index in [1.54, 1.807) is 6.07 Å². The first kappa shape index (κ1) is 19.1. The van der Waals surface area contributed by atoms with Crippen molar-refractivity contribution in [1.82, 2.24) is 0 Å². The molecule has 1 aliphatic heterocycles. The second-order valence-corrected chi connectivity index (χ2v) is 11.8. The molecule has 198 valence electrons. The summed E-state index contributed by atoms with van der Waals surface area (Å²) < 4.78 is 48.2. The summed E-state index contributed by atoms with van der Waals surface area (Å²) in [5.41, 5.74) is 10.1. The van der Waals surface area contributed by atoms with Crippen LogP contribution < -0.4 is 4.74 Å². The summed E-state index contributed by atoms with van der Waals surface area (Å²) in [6.07, 6.45) is 0. The summed E-state index contributed by atoms with van der Waals surface area (Å²) in [4.78, 5) is 0. The van der Waals surface area contributed by atoms with Crippen molar-refractivity contribution < 1.29 is 11.6 Å². The van der Waals surface area contributed by atoms with E-state index in [-0.39, 0.29) is 35.1 Å². The highest BCUT2D eigenvalue weighted by Gasteiger charge is 2.35. The third-order valence-corrected chi connectivity index (χ3v) is 9.14. The maximum Gasteiger partial charge on any atom is 0.135 e. The van der Waals surface area contributed by atoms with Crippen LogP contribution in [0, 0.1) is 0 Å². The van der Waals surface area contributed by atoms with Crippen molar-refractivity contribution in [2.24, 2.45) is 0 Å². The smallest absolute Gasteiger partial charge is 0.135 e. The van der Waals surface area contributed by atoms with Gasteiger partial charge in [0.25, 0.3) is 0 Å². The molecule has 0 N–H and O–H groups in total. The van der Waals surface area contributed by atoms with Crippen LogP contribution in [0.15, 0.2) is 133 Å². The average Bonchev–Trinajstić information content (AvgIpc) is 3.31. The quantitative estimate of drug-likeness (QED) is 0.211. The minimum Gasteiger partial charge on any atom is -0.456 e. The van der Waals surface area contributed by atoms with Gasteiger partial charge >= 0.3 is 0 Å². The molecule has 1 nitrogen and oxygen atoms in total. The highest BCUT2D eigenvalue weighted by atomic mass is 16.5. The van der Waals surface area contributed by atoms with E-state index in [0.29, 0.717) is 11.3 Å². The maximum atomic E-state index is 8.60. The normalized spacial score (nSPS) is 15.5. The molecule has 0 bridgehead atoms. The SMILES string of the molecule is [2H]c1c([2H])c([2H])c(-c2ccc3c4c(cccc24)-c2cc(-c4ccc5cc6c(cc5c4)C(C)(C)c4ccccc4-6)ccc2O3)c([2H])c1[2H]. The maximum absolute atomic E-state index is 8.60. The van der Waals surface area contributed by atoms with Gasteiger partial charge in [0.15, 0.2) is 0 Å². The van der Waals surface area contributed by atoms with Gasteiger partial charge in [-0.3, -0.25) is 0 Å². The summed E-state index contributed by atoms with van der Waals surface area (Å²) in [7, 11) is 0. The summed E-state index contributed by atoms with van der Waals surface area (Å²) in [5, 5.41) is 4.04. The van der Waals surface area contributed by atoms with Crippen molar-refractivity contribution in [3.8, 4) is 56.0 Å². The number of rotatable bonds is 2. The molecule has 9 rings (SSSR count). The van der Waals surface area contributed by atoms with Gasteiger partial charge in [-0.1, -0.05) is 111 Å². The van der Waals surface area contributed by atoms with E-state index < -0.39 is 6.04 Å². The second kappa shape index (κ2) is 8.44. The first-order valence-electron chi connectivity index (χ1n) is 16.8. The number of ether oxygens (including phenoxy) is 1. The van der Waals surface area contributed by atoms with Gasteiger partial charge in [0.1, 0.15) is 11.5 Å². The summed E-state index contributed by atoms with van der Waals surface area (Å²) in [6.45, 7) is 4.61. The molecule has 42 heavy (non-hydrogen) atoms. The minimum absolute atomic E-state index is 0.0701. The van der Waals surface area contributed by atoms with Gasteiger partial charge in [-0.05, 0) is 103 Å². The molecule has 0 amide bonds. The van der Waals surface area contributed by atoms with Gasteiger partial charge in [-0.2, -0.15) is 0 Å². The Labute approximate surface area is 252 Å². The molecule has 1 heterocycles. The summed E-state index contributed by atoms with van der Waals surface area (Å²) in [6, 6.07) is 34.4. The first-order chi connectivity index (χ1) is 22.6. The Bertz CT molecular complexity index is 2500. The molecule has 0 fully saturated rings. The lowest BCUT2D eigenvalue weighted by Gasteiger charge is -2.23. The Balaban J connectivity index is 1.19. The van der Waals surface area contributed by atoms with Crippen LogP contribution >= 0.6 is 0 Å². The number of hydrogen-bond acceptors (Lipinski definition) is 1. The standard InChI is InChI=1S/C41H28O/c1-41(2)36-14-7-6-11-31(36)34-22-28-16-15-26(21-29(28)24-37(34)41)27-17-19-38-35(23-27)33-13-8-12-32-30(25-9-4-3-5-10-25)18-20-39(42-38)40(32)33/h3-24H,1-2H3/i3D,4D,5D,9D,10D. The molecule has 0 saturated carbocycles. The van der Waals surface area contributed by atoms with Crippen LogP contribution in [0.3, 0.4) is 0 Å². The van der Waals surface area contributed by atoms with Gasteiger partial charge in [0, 0.05) is 16.4 Å². The molecule has 1 aliphatic carbocycles. The van der Waals surface area contributed by atoms with Gasteiger partial charge in [0.05, 0.1) is 6.85 Å². The minimum atomic E-state index is -0.400. The van der Waals surface area contributed by atoms with Crippen molar-refractivity contribution in [2.45, 2.75) is 19.3 Å². The Morgan fingerprint density at radius 1 is 0.524 bits per heavy atom. The summed E-state index contributed by atoms with van der Waals surface area (Å²) >= 11 is 0. The molecular weight excluding hydrogens is 508 g/mol. The zero-order valence-corrected chi connectivity index (χ0v) is 23.2. The molecule has 0 atom stereocenters. The van der Waals surface area contributed by atoms with Crippen molar-refractivity contribution >= 4 is 21.5 Å². The predicted octanol–water partition coefficient (Wildman–Crippen LogP) is 11.4. The molecule has 0 radical (unpaired) electrons. The van der Waals surface area contributed by atoms with E-state index in [1.807, 2.05) is 24.3 Å². The predicted molar refractivity (Wildman–Crippen MR) is 175 cm³/mol. The fourth-order valence-corrected chi connectivity index (χ4v) is 7.04. The van der Waals surface area contributed by atoms with Gasteiger partial charge < -0.3 is 4.74 Å². The van der Waals surface area contributed by atoms with Crippen molar-refractivity contribution in [3.63, 3.8) is 0 Å². The molecule has 7 aromatic rings. The molecule has 0 spiro atoms.